The highest BCUT2D eigenvalue weighted by atomic mass is 31.0. The Kier molecular flexibility index (Phi) is 23.5. The first-order chi connectivity index (χ1) is 18.7. The lowest BCUT2D eigenvalue weighted by atomic mass is 9.87. The van der Waals surface area contributed by atoms with E-state index in [1.54, 1.807) is 0 Å². The van der Waals surface area contributed by atoms with Gasteiger partial charge in [-0.1, -0.05) is 73.9 Å². The molecule has 2 aliphatic rings. The highest BCUT2D eigenvalue weighted by Gasteiger charge is 2.22. The second kappa shape index (κ2) is 23.9. The van der Waals surface area contributed by atoms with E-state index in [4.69, 9.17) is 9.47 Å². The number of carbonyl (C=O) groups excluding carboxylic acids is 2. The number of hydrogen-bond acceptors (Lipinski definition) is 6. The quantitative estimate of drug-likeness (QED) is 0.117. The standard InChI is InChI=1S/C29H54N2O4.C2H6.CH5P/c1-5-6-23-34-27(32)14-21-30-17-10-25(11-18-30)8-7-9-26-12-19-31(20-13-26)22-15-28(33)35-24-16-29(2,3)4;2*1-2/h25-26H,5-24H2,1-4H3;1-2H3;2H2,1H3. The predicted molar refractivity (Wildman–Crippen MR) is 169 cm³/mol. The number of hydrogen-bond donors (Lipinski definition) is 0. The summed E-state index contributed by atoms with van der Waals surface area (Å²) in [4.78, 5) is 28.7. The second-order valence-electron chi connectivity index (χ2n) is 12.1. The van der Waals surface area contributed by atoms with E-state index in [2.05, 4.69) is 46.7 Å². The monoisotopic (exact) mass is 572 g/mol. The summed E-state index contributed by atoms with van der Waals surface area (Å²) in [7, 11) is 2.42. The van der Waals surface area contributed by atoms with Crippen molar-refractivity contribution in [3.05, 3.63) is 0 Å². The van der Waals surface area contributed by atoms with E-state index in [0.717, 1.165) is 70.4 Å². The zero-order valence-electron chi connectivity index (χ0n) is 26.9. The molecule has 0 bridgehead atoms. The Morgan fingerprint density at radius 1 is 0.744 bits per heavy atom. The fourth-order valence-corrected chi connectivity index (χ4v) is 5.14. The number of esters is 2. The zero-order chi connectivity index (χ0) is 29.5. The highest BCUT2D eigenvalue weighted by Crippen LogP contribution is 2.27. The molecule has 2 heterocycles. The normalized spacial score (nSPS) is 17.4. The Balaban J connectivity index is 0.00000344. The third-order valence-electron chi connectivity index (χ3n) is 7.78. The molecular formula is C32H65N2O4P. The summed E-state index contributed by atoms with van der Waals surface area (Å²) < 4.78 is 10.7. The molecule has 0 aliphatic carbocycles. The molecule has 0 aromatic carbocycles. The Morgan fingerprint density at radius 3 is 1.54 bits per heavy atom. The number of unbranched alkanes of at least 4 members (excludes halogenated alkanes) is 1. The minimum atomic E-state index is -0.0469. The first-order valence-corrected chi connectivity index (χ1v) is 17.2. The number of carbonyl (C=O) groups is 2. The maximum Gasteiger partial charge on any atom is 0.307 e. The number of nitrogens with zero attached hydrogens (tertiary/aromatic N) is 2. The third kappa shape index (κ3) is 20.8. The summed E-state index contributed by atoms with van der Waals surface area (Å²) in [6.07, 6.45) is 13.1. The van der Waals surface area contributed by atoms with E-state index < -0.39 is 0 Å². The molecule has 0 radical (unpaired) electrons. The molecule has 2 saturated heterocycles. The molecule has 39 heavy (non-hydrogen) atoms. The minimum absolute atomic E-state index is 0.0392. The summed E-state index contributed by atoms with van der Waals surface area (Å²) in [6, 6.07) is 0. The summed E-state index contributed by atoms with van der Waals surface area (Å²) in [6.45, 7) is 21.9. The molecule has 0 aromatic rings. The van der Waals surface area contributed by atoms with Crippen molar-refractivity contribution in [1.82, 2.24) is 9.80 Å². The van der Waals surface area contributed by atoms with Crippen LogP contribution in [0.2, 0.25) is 0 Å². The van der Waals surface area contributed by atoms with E-state index >= 15 is 0 Å². The van der Waals surface area contributed by atoms with Crippen LogP contribution in [-0.2, 0) is 19.1 Å². The van der Waals surface area contributed by atoms with E-state index in [-0.39, 0.29) is 17.4 Å². The summed E-state index contributed by atoms with van der Waals surface area (Å²) in [5.41, 5.74) is 0.213. The lowest BCUT2D eigenvalue weighted by Gasteiger charge is -2.33. The molecule has 2 fully saturated rings. The van der Waals surface area contributed by atoms with Gasteiger partial charge in [0.15, 0.2) is 0 Å². The van der Waals surface area contributed by atoms with Crippen LogP contribution in [0.15, 0.2) is 0 Å². The SMILES string of the molecule is CC.CCCCOC(=O)CCN1CCC(CCCC2CCN(CCC(=O)OCCC(C)(C)C)CC2)CC1.CP. The van der Waals surface area contributed by atoms with Crippen LogP contribution in [0.25, 0.3) is 0 Å². The molecule has 2 aliphatic heterocycles. The molecule has 0 aromatic heterocycles. The number of likely N-dealkylation sites (tertiary alicyclic amines) is 2. The zero-order valence-corrected chi connectivity index (χ0v) is 28.1. The van der Waals surface area contributed by atoms with Crippen molar-refractivity contribution >= 4 is 21.2 Å². The molecule has 232 valence electrons. The first-order valence-electron chi connectivity index (χ1n) is 16.1. The molecule has 0 N–H and O–H groups in total. The fourth-order valence-electron chi connectivity index (χ4n) is 5.14. The third-order valence-corrected chi connectivity index (χ3v) is 7.78. The highest BCUT2D eigenvalue weighted by molar-refractivity contribution is 7.15. The van der Waals surface area contributed by atoms with Crippen LogP contribution in [0.3, 0.4) is 0 Å². The van der Waals surface area contributed by atoms with Gasteiger partial charge in [0.2, 0.25) is 0 Å². The van der Waals surface area contributed by atoms with Crippen molar-refractivity contribution < 1.29 is 19.1 Å². The average molecular weight is 573 g/mol. The molecule has 2 rings (SSSR count). The van der Waals surface area contributed by atoms with Crippen LogP contribution < -0.4 is 0 Å². The molecular weight excluding hydrogens is 507 g/mol. The largest absolute Gasteiger partial charge is 0.466 e. The van der Waals surface area contributed by atoms with Gasteiger partial charge in [0, 0.05) is 13.1 Å². The minimum Gasteiger partial charge on any atom is -0.466 e. The van der Waals surface area contributed by atoms with Crippen molar-refractivity contribution in [2.24, 2.45) is 17.3 Å². The number of rotatable bonds is 15. The van der Waals surface area contributed by atoms with Gasteiger partial charge in [-0.25, -0.2) is 0 Å². The van der Waals surface area contributed by atoms with Crippen molar-refractivity contribution in [3.8, 4) is 0 Å². The van der Waals surface area contributed by atoms with Crippen LogP contribution in [0.5, 0.6) is 0 Å². The summed E-state index contributed by atoms with van der Waals surface area (Å²) >= 11 is 0. The van der Waals surface area contributed by atoms with Gasteiger partial charge in [-0.05, 0) is 82.0 Å². The average Bonchev–Trinajstić information content (AvgIpc) is 2.94. The lowest BCUT2D eigenvalue weighted by Crippen LogP contribution is -2.36. The van der Waals surface area contributed by atoms with Crippen LogP contribution in [-0.4, -0.2) is 80.9 Å². The Labute approximate surface area is 244 Å². The van der Waals surface area contributed by atoms with Crippen molar-refractivity contribution in [3.63, 3.8) is 0 Å². The summed E-state index contributed by atoms with van der Waals surface area (Å²) in [5, 5.41) is 0. The molecule has 0 amide bonds. The van der Waals surface area contributed by atoms with Gasteiger partial charge in [-0.2, -0.15) is 0 Å². The molecule has 6 nitrogen and oxygen atoms in total. The van der Waals surface area contributed by atoms with Gasteiger partial charge < -0.3 is 19.3 Å². The maximum atomic E-state index is 12.0. The smallest absolute Gasteiger partial charge is 0.307 e. The van der Waals surface area contributed by atoms with Gasteiger partial charge in [0.05, 0.1) is 26.1 Å². The van der Waals surface area contributed by atoms with E-state index in [1.165, 1.54) is 44.9 Å². The van der Waals surface area contributed by atoms with Crippen LogP contribution >= 0.6 is 9.24 Å². The van der Waals surface area contributed by atoms with Crippen LogP contribution in [0.4, 0.5) is 0 Å². The van der Waals surface area contributed by atoms with E-state index in [9.17, 15) is 9.59 Å². The molecule has 0 saturated carbocycles. The van der Waals surface area contributed by atoms with E-state index in [1.807, 2.05) is 20.5 Å². The van der Waals surface area contributed by atoms with Gasteiger partial charge in [0.25, 0.3) is 0 Å². The fraction of sp³-hybridized carbons (Fsp3) is 0.938. The van der Waals surface area contributed by atoms with Gasteiger partial charge in [0.1, 0.15) is 0 Å². The Morgan fingerprint density at radius 2 is 1.15 bits per heavy atom. The predicted octanol–water partition coefficient (Wildman–Crippen LogP) is 7.20. The molecule has 7 heteroatoms. The van der Waals surface area contributed by atoms with Crippen molar-refractivity contribution in [1.29, 1.82) is 0 Å². The van der Waals surface area contributed by atoms with Gasteiger partial charge in [-0.3, -0.25) is 9.59 Å². The molecule has 1 atom stereocenters. The van der Waals surface area contributed by atoms with Crippen molar-refractivity contribution in [2.45, 2.75) is 119 Å². The number of piperidine rings is 2. The van der Waals surface area contributed by atoms with Crippen LogP contribution in [0.1, 0.15) is 119 Å². The Hall–Kier alpha value is -0.710. The Bertz CT molecular complexity index is 595. The topological polar surface area (TPSA) is 59.1 Å². The van der Waals surface area contributed by atoms with Gasteiger partial charge >= 0.3 is 11.9 Å². The van der Waals surface area contributed by atoms with Crippen molar-refractivity contribution in [2.75, 3.05) is 59.1 Å². The number of ether oxygens (including phenoxy) is 2. The van der Waals surface area contributed by atoms with Gasteiger partial charge in [-0.15, -0.1) is 9.24 Å². The summed E-state index contributed by atoms with van der Waals surface area (Å²) in [5.74, 6) is 1.62. The maximum absolute atomic E-state index is 12.0. The van der Waals surface area contributed by atoms with E-state index in [0.29, 0.717) is 26.1 Å². The molecule has 1 unspecified atom stereocenters. The molecule has 0 spiro atoms. The first kappa shape index (κ1) is 38.3. The second-order valence-corrected chi connectivity index (χ2v) is 12.1. The lowest BCUT2D eigenvalue weighted by molar-refractivity contribution is -0.145. The van der Waals surface area contributed by atoms with Crippen LogP contribution in [0, 0.1) is 17.3 Å².